The summed E-state index contributed by atoms with van der Waals surface area (Å²) in [5.41, 5.74) is 0.702. The van der Waals surface area contributed by atoms with Gasteiger partial charge in [0.2, 0.25) is 0 Å². The van der Waals surface area contributed by atoms with E-state index in [9.17, 15) is 5.11 Å². The molecule has 2 rings (SSSR count). The molecule has 1 atom stereocenters. The number of nitrogens with zero attached hydrogens (tertiary/aromatic N) is 1. The van der Waals surface area contributed by atoms with Crippen LogP contribution in [0.3, 0.4) is 0 Å². The summed E-state index contributed by atoms with van der Waals surface area (Å²) in [6.45, 7) is 0. The molecule has 0 bridgehead atoms. The molecule has 5 heteroatoms. The normalized spacial score (nSPS) is 12.7. The summed E-state index contributed by atoms with van der Waals surface area (Å²) in [5.74, 6) is 0. The largest absolute Gasteiger partial charge is 0.386 e. The standard InChI is InChI=1S/C11H9Br2NOS/c12-7-1-3-9(14-6-7)10(15)5-8-2-4-11(13)16-8/h1-4,6,10,15H,5H2. The molecule has 2 aromatic rings. The minimum atomic E-state index is -0.543. The van der Waals surface area contributed by atoms with E-state index in [0.717, 1.165) is 13.1 Å². The average Bonchev–Trinajstić information content (AvgIpc) is 2.65. The highest BCUT2D eigenvalue weighted by molar-refractivity contribution is 9.11. The second-order valence-corrected chi connectivity index (χ2v) is 6.79. The van der Waals surface area contributed by atoms with Gasteiger partial charge in [0.1, 0.15) is 6.10 Å². The van der Waals surface area contributed by atoms with E-state index < -0.39 is 6.10 Å². The SMILES string of the molecule is OC(Cc1ccc(Br)s1)c1ccc(Br)cn1. The zero-order valence-electron chi connectivity index (χ0n) is 8.23. The van der Waals surface area contributed by atoms with Crippen molar-refractivity contribution in [1.29, 1.82) is 0 Å². The van der Waals surface area contributed by atoms with Gasteiger partial charge in [0.05, 0.1) is 9.48 Å². The molecule has 0 radical (unpaired) electrons. The first-order valence-corrected chi connectivity index (χ1v) is 7.09. The lowest BCUT2D eigenvalue weighted by atomic mass is 10.1. The molecule has 1 unspecified atom stereocenters. The minimum Gasteiger partial charge on any atom is -0.386 e. The number of aromatic nitrogens is 1. The summed E-state index contributed by atoms with van der Waals surface area (Å²) in [6, 6.07) is 7.71. The molecule has 84 valence electrons. The number of rotatable bonds is 3. The maximum absolute atomic E-state index is 9.99. The van der Waals surface area contributed by atoms with Crippen molar-refractivity contribution in [2.45, 2.75) is 12.5 Å². The van der Waals surface area contributed by atoms with Crippen LogP contribution in [0.2, 0.25) is 0 Å². The number of pyridine rings is 1. The van der Waals surface area contributed by atoms with Gasteiger partial charge in [-0.15, -0.1) is 11.3 Å². The van der Waals surface area contributed by atoms with Gasteiger partial charge in [0.25, 0.3) is 0 Å². The topological polar surface area (TPSA) is 33.1 Å². The van der Waals surface area contributed by atoms with Crippen LogP contribution >= 0.6 is 43.2 Å². The highest BCUT2D eigenvalue weighted by atomic mass is 79.9. The molecule has 0 aliphatic heterocycles. The van der Waals surface area contributed by atoms with Gasteiger partial charge >= 0.3 is 0 Å². The molecule has 0 aliphatic rings. The van der Waals surface area contributed by atoms with Crippen LogP contribution in [0.15, 0.2) is 38.7 Å². The highest BCUT2D eigenvalue weighted by Crippen LogP contribution is 2.26. The molecule has 2 nitrogen and oxygen atoms in total. The lowest BCUT2D eigenvalue weighted by Gasteiger charge is -2.08. The molecule has 0 spiro atoms. The fraction of sp³-hybridized carbons (Fsp3) is 0.182. The molecule has 0 saturated carbocycles. The van der Waals surface area contributed by atoms with E-state index in [1.807, 2.05) is 24.3 Å². The number of aliphatic hydroxyl groups is 1. The first-order chi connectivity index (χ1) is 7.65. The van der Waals surface area contributed by atoms with Crippen molar-refractivity contribution >= 4 is 43.2 Å². The number of hydrogen-bond donors (Lipinski definition) is 1. The van der Waals surface area contributed by atoms with Gasteiger partial charge in [-0.05, 0) is 56.1 Å². The molecule has 2 aromatic heterocycles. The third-order valence-electron chi connectivity index (χ3n) is 2.12. The van der Waals surface area contributed by atoms with E-state index in [1.165, 1.54) is 0 Å². The van der Waals surface area contributed by atoms with Crippen molar-refractivity contribution in [3.05, 3.63) is 49.3 Å². The van der Waals surface area contributed by atoms with Crippen LogP contribution in [0.4, 0.5) is 0 Å². The summed E-state index contributed by atoms with van der Waals surface area (Å²) in [6.07, 6.45) is 1.76. The molecule has 2 heterocycles. The third kappa shape index (κ3) is 3.13. The Morgan fingerprint density at radius 3 is 2.62 bits per heavy atom. The van der Waals surface area contributed by atoms with Crippen molar-refractivity contribution in [2.75, 3.05) is 0 Å². The third-order valence-corrected chi connectivity index (χ3v) is 4.23. The Hall–Kier alpha value is -0.230. The quantitative estimate of drug-likeness (QED) is 0.896. The monoisotopic (exact) mass is 361 g/mol. The molecule has 0 saturated heterocycles. The maximum atomic E-state index is 9.99. The second-order valence-electron chi connectivity index (χ2n) is 3.33. The summed E-state index contributed by atoms with van der Waals surface area (Å²) < 4.78 is 2.00. The Balaban J connectivity index is 2.08. The van der Waals surface area contributed by atoms with Crippen LogP contribution in [0, 0.1) is 0 Å². The zero-order valence-corrected chi connectivity index (χ0v) is 12.2. The van der Waals surface area contributed by atoms with Gasteiger partial charge in [0, 0.05) is 22.0 Å². The molecule has 0 aromatic carbocycles. The Kier molecular flexibility index (Phi) is 4.13. The number of hydrogen-bond acceptors (Lipinski definition) is 3. The Morgan fingerprint density at radius 2 is 2.06 bits per heavy atom. The van der Waals surface area contributed by atoms with E-state index in [1.54, 1.807) is 17.5 Å². The summed E-state index contributed by atoms with van der Waals surface area (Å²) in [4.78, 5) is 5.32. The van der Waals surface area contributed by atoms with E-state index >= 15 is 0 Å². The molecule has 0 aliphatic carbocycles. The fourth-order valence-corrected chi connectivity index (χ4v) is 3.10. The first kappa shape index (κ1) is 12.2. The Morgan fingerprint density at radius 1 is 1.25 bits per heavy atom. The van der Waals surface area contributed by atoms with E-state index in [0.29, 0.717) is 12.1 Å². The molecular formula is C11H9Br2NOS. The van der Waals surface area contributed by atoms with Crippen LogP contribution < -0.4 is 0 Å². The van der Waals surface area contributed by atoms with Crippen molar-refractivity contribution in [3.63, 3.8) is 0 Å². The lowest BCUT2D eigenvalue weighted by Crippen LogP contribution is -2.02. The molecule has 16 heavy (non-hydrogen) atoms. The van der Waals surface area contributed by atoms with Gasteiger partial charge in [0.15, 0.2) is 0 Å². The number of aliphatic hydroxyl groups excluding tert-OH is 1. The number of thiophene rings is 1. The van der Waals surface area contributed by atoms with E-state index in [4.69, 9.17) is 0 Å². The summed E-state index contributed by atoms with van der Waals surface area (Å²) in [5, 5.41) is 9.99. The Bertz CT molecular complexity index is 469. The van der Waals surface area contributed by atoms with Crippen LogP contribution in [-0.4, -0.2) is 10.1 Å². The maximum Gasteiger partial charge on any atom is 0.101 e. The van der Waals surface area contributed by atoms with Crippen molar-refractivity contribution in [3.8, 4) is 0 Å². The van der Waals surface area contributed by atoms with E-state index in [2.05, 4.69) is 36.8 Å². The summed E-state index contributed by atoms with van der Waals surface area (Å²) in [7, 11) is 0. The molecule has 0 fully saturated rings. The Labute approximate surface area is 115 Å². The zero-order chi connectivity index (χ0) is 11.5. The van der Waals surface area contributed by atoms with Crippen LogP contribution in [-0.2, 0) is 6.42 Å². The first-order valence-electron chi connectivity index (χ1n) is 4.69. The molecular weight excluding hydrogens is 354 g/mol. The van der Waals surface area contributed by atoms with Gasteiger partial charge in [-0.1, -0.05) is 0 Å². The van der Waals surface area contributed by atoms with E-state index in [-0.39, 0.29) is 0 Å². The van der Waals surface area contributed by atoms with Crippen molar-refractivity contribution < 1.29 is 5.11 Å². The smallest absolute Gasteiger partial charge is 0.101 e. The van der Waals surface area contributed by atoms with Crippen LogP contribution in [0.1, 0.15) is 16.7 Å². The van der Waals surface area contributed by atoms with Gasteiger partial charge in [-0.25, -0.2) is 0 Å². The van der Waals surface area contributed by atoms with Gasteiger partial charge < -0.3 is 5.11 Å². The molecule has 1 N–H and O–H groups in total. The molecule has 0 amide bonds. The van der Waals surface area contributed by atoms with Gasteiger partial charge in [-0.2, -0.15) is 0 Å². The fourth-order valence-electron chi connectivity index (χ4n) is 1.34. The predicted octanol–water partition coefficient (Wildman–Crippen LogP) is 3.94. The van der Waals surface area contributed by atoms with Crippen LogP contribution in [0.5, 0.6) is 0 Å². The average molecular weight is 363 g/mol. The predicted molar refractivity (Wildman–Crippen MR) is 72.6 cm³/mol. The highest BCUT2D eigenvalue weighted by Gasteiger charge is 2.11. The summed E-state index contributed by atoms with van der Waals surface area (Å²) >= 11 is 8.35. The minimum absolute atomic E-state index is 0.543. The second kappa shape index (κ2) is 5.40. The van der Waals surface area contributed by atoms with Gasteiger partial charge in [-0.3, -0.25) is 4.98 Å². The van der Waals surface area contributed by atoms with Crippen molar-refractivity contribution in [2.24, 2.45) is 0 Å². The lowest BCUT2D eigenvalue weighted by molar-refractivity contribution is 0.174. The van der Waals surface area contributed by atoms with Crippen molar-refractivity contribution in [1.82, 2.24) is 4.98 Å². The number of halogens is 2. The van der Waals surface area contributed by atoms with Crippen LogP contribution in [0.25, 0.3) is 0 Å².